The normalized spacial score (nSPS) is 14.1. The Balaban J connectivity index is 1.14. The summed E-state index contributed by atoms with van der Waals surface area (Å²) in [4.78, 5) is 4.99. The van der Waals surface area contributed by atoms with Crippen LogP contribution in [-0.2, 0) is 0 Å². The van der Waals surface area contributed by atoms with Crippen LogP contribution in [0.4, 0.5) is 0 Å². The number of rotatable bonds is 5. The summed E-state index contributed by atoms with van der Waals surface area (Å²) in [6, 6.07) is 61.8. The van der Waals surface area contributed by atoms with E-state index in [0.29, 0.717) is 11.5 Å². The van der Waals surface area contributed by atoms with Crippen molar-refractivity contribution in [2.75, 3.05) is 0 Å². The highest BCUT2D eigenvalue weighted by atomic mass is 16.3. The second-order valence-electron chi connectivity index (χ2n) is 14.3. The monoisotopic (exact) mass is 702 g/mol. The SMILES string of the molecule is C=C1CC(c2ccc(-c3c(-c4cc5nc(-c6cccc(C#N)c6)oc5c5ccccc45)ccc4ccccc34)cc2)=c2ccccc2=CC1c1ccccc1. The van der Waals surface area contributed by atoms with Crippen LogP contribution in [0.2, 0.25) is 0 Å². The number of hydrogen-bond donors (Lipinski definition) is 0. The van der Waals surface area contributed by atoms with Crippen LogP contribution < -0.4 is 10.4 Å². The molecule has 1 heterocycles. The first-order valence-corrected chi connectivity index (χ1v) is 18.6. The minimum atomic E-state index is 0.146. The fraction of sp³-hybridized carbons (Fsp3) is 0.0385. The van der Waals surface area contributed by atoms with Gasteiger partial charge in [-0.05, 0) is 96.2 Å². The Kier molecular flexibility index (Phi) is 7.82. The summed E-state index contributed by atoms with van der Waals surface area (Å²) in [6.45, 7) is 4.63. The van der Waals surface area contributed by atoms with E-state index in [-0.39, 0.29) is 5.92 Å². The van der Waals surface area contributed by atoms with Gasteiger partial charge in [0.15, 0.2) is 5.58 Å². The van der Waals surface area contributed by atoms with Crippen LogP contribution in [0.25, 0.3) is 78.0 Å². The Hall–Kier alpha value is -7.28. The zero-order valence-electron chi connectivity index (χ0n) is 30.0. The van der Waals surface area contributed by atoms with Gasteiger partial charge in [-0.1, -0.05) is 164 Å². The quantitative estimate of drug-likeness (QED) is 0.168. The van der Waals surface area contributed by atoms with Gasteiger partial charge in [0.25, 0.3) is 0 Å². The van der Waals surface area contributed by atoms with Gasteiger partial charge in [-0.15, -0.1) is 0 Å². The summed E-state index contributed by atoms with van der Waals surface area (Å²) >= 11 is 0. The van der Waals surface area contributed by atoms with E-state index in [9.17, 15) is 5.26 Å². The standard InChI is InChI=1S/C52H34N2O/c1-33-28-47(41-18-7-6-16-39(41)30-46(33)35-13-3-2-4-14-35)37-22-24-38(25-23-37)50-42-19-8-5-15-36(42)26-27-44(50)48-31-49-51(45-21-10-9-20-43(45)48)55-52(54-49)40-17-11-12-34(29-40)32-53/h2-27,29-31,46H,1,28H2. The Morgan fingerprint density at radius 2 is 1.35 bits per heavy atom. The second-order valence-corrected chi connectivity index (χ2v) is 14.3. The molecule has 0 spiro atoms. The van der Waals surface area contributed by atoms with Crippen LogP contribution >= 0.6 is 0 Å². The first-order chi connectivity index (χ1) is 27.1. The molecular weight excluding hydrogens is 669 g/mol. The maximum absolute atomic E-state index is 9.53. The third-order valence-electron chi connectivity index (χ3n) is 11.0. The van der Waals surface area contributed by atoms with Gasteiger partial charge in [0, 0.05) is 16.9 Å². The molecule has 0 amide bonds. The third-order valence-corrected chi connectivity index (χ3v) is 11.0. The summed E-state index contributed by atoms with van der Waals surface area (Å²) in [7, 11) is 0. The Bertz CT molecular complexity index is 3150. The van der Waals surface area contributed by atoms with Crippen molar-refractivity contribution in [2.45, 2.75) is 12.3 Å². The highest BCUT2D eigenvalue weighted by Gasteiger charge is 2.21. The molecule has 55 heavy (non-hydrogen) atoms. The van der Waals surface area contributed by atoms with E-state index in [1.807, 2.05) is 24.3 Å². The predicted octanol–water partition coefficient (Wildman–Crippen LogP) is 11.7. The van der Waals surface area contributed by atoms with E-state index < -0.39 is 0 Å². The number of benzene rings is 8. The van der Waals surface area contributed by atoms with Crippen LogP contribution in [0.15, 0.2) is 186 Å². The lowest BCUT2D eigenvalue weighted by molar-refractivity contribution is 0.623. The van der Waals surface area contributed by atoms with E-state index in [0.717, 1.165) is 50.5 Å². The molecule has 0 saturated carbocycles. The molecule has 0 radical (unpaired) electrons. The lowest BCUT2D eigenvalue weighted by Crippen LogP contribution is -2.26. The number of oxazole rings is 1. The van der Waals surface area contributed by atoms with Gasteiger partial charge in [-0.3, -0.25) is 0 Å². The molecule has 3 nitrogen and oxygen atoms in total. The van der Waals surface area contributed by atoms with Crippen LogP contribution in [0.1, 0.15) is 29.0 Å². The maximum Gasteiger partial charge on any atom is 0.227 e. The number of nitriles is 1. The lowest BCUT2D eigenvalue weighted by atomic mass is 9.86. The van der Waals surface area contributed by atoms with Crippen molar-refractivity contribution in [3.63, 3.8) is 0 Å². The third kappa shape index (κ3) is 5.64. The van der Waals surface area contributed by atoms with Crippen molar-refractivity contribution in [2.24, 2.45) is 0 Å². The molecule has 0 N–H and O–H groups in total. The van der Waals surface area contributed by atoms with Gasteiger partial charge in [0.05, 0.1) is 11.6 Å². The van der Waals surface area contributed by atoms with Crippen LogP contribution in [0, 0.1) is 11.3 Å². The largest absolute Gasteiger partial charge is 0.435 e. The van der Waals surface area contributed by atoms with Crippen molar-refractivity contribution < 1.29 is 4.42 Å². The fourth-order valence-electron chi connectivity index (χ4n) is 8.36. The zero-order chi connectivity index (χ0) is 36.9. The topological polar surface area (TPSA) is 49.8 Å². The molecule has 0 aliphatic heterocycles. The van der Waals surface area contributed by atoms with Gasteiger partial charge in [-0.2, -0.15) is 5.26 Å². The molecule has 258 valence electrons. The second kappa shape index (κ2) is 13.3. The smallest absolute Gasteiger partial charge is 0.227 e. The Labute approximate surface area is 319 Å². The minimum Gasteiger partial charge on any atom is -0.435 e. The minimum absolute atomic E-state index is 0.146. The number of nitrogens with zero attached hydrogens (tertiary/aromatic N) is 2. The maximum atomic E-state index is 9.53. The average Bonchev–Trinajstić information content (AvgIpc) is 3.63. The summed E-state index contributed by atoms with van der Waals surface area (Å²) in [5.41, 5.74) is 12.3. The summed E-state index contributed by atoms with van der Waals surface area (Å²) < 4.78 is 6.46. The van der Waals surface area contributed by atoms with Gasteiger partial charge < -0.3 is 4.42 Å². The highest BCUT2D eigenvalue weighted by molar-refractivity contribution is 6.15. The summed E-state index contributed by atoms with van der Waals surface area (Å²) in [6.07, 6.45) is 3.16. The van der Waals surface area contributed by atoms with Gasteiger partial charge in [-0.25, -0.2) is 4.98 Å². The van der Waals surface area contributed by atoms with E-state index >= 15 is 0 Å². The van der Waals surface area contributed by atoms with Crippen molar-refractivity contribution in [3.8, 4) is 39.8 Å². The van der Waals surface area contributed by atoms with Crippen molar-refractivity contribution >= 4 is 44.3 Å². The van der Waals surface area contributed by atoms with E-state index in [4.69, 9.17) is 9.40 Å². The Morgan fingerprint density at radius 3 is 2.18 bits per heavy atom. The van der Waals surface area contributed by atoms with Crippen LogP contribution in [-0.4, -0.2) is 4.98 Å². The molecule has 1 aliphatic rings. The zero-order valence-corrected chi connectivity index (χ0v) is 30.0. The summed E-state index contributed by atoms with van der Waals surface area (Å²) in [5, 5.41) is 16.5. The molecule has 1 aromatic heterocycles. The molecule has 1 unspecified atom stereocenters. The number of allylic oxidation sites excluding steroid dienone is 1. The first kappa shape index (κ1) is 32.4. The average molecular weight is 703 g/mol. The van der Waals surface area contributed by atoms with Crippen LogP contribution in [0.5, 0.6) is 0 Å². The van der Waals surface area contributed by atoms with Gasteiger partial charge in [0.1, 0.15) is 5.52 Å². The summed E-state index contributed by atoms with van der Waals surface area (Å²) in [5.74, 6) is 0.643. The molecule has 0 saturated heterocycles. The molecule has 1 aliphatic carbocycles. The van der Waals surface area contributed by atoms with E-state index in [2.05, 4.69) is 158 Å². The molecule has 1 atom stereocenters. The molecule has 10 rings (SSSR count). The number of aromatic nitrogens is 1. The molecular formula is C52H34N2O. The number of hydrogen-bond acceptors (Lipinski definition) is 3. The van der Waals surface area contributed by atoms with Gasteiger partial charge in [0.2, 0.25) is 5.89 Å². The fourth-order valence-corrected chi connectivity index (χ4v) is 8.36. The van der Waals surface area contributed by atoms with Crippen molar-refractivity contribution in [1.29, 1.82) is 5.26 Å². The van der Waals surface area contributed by atoms with E-state index in [1.165, 1.54) is 49.0 Å². The number of fused-ring (bicyclic) bond motifs is 5. The lowest BCUT2D eigenvalue weighted by Gasteiger charge is -2.18. The Morgan fingerprint density at radius 1 is 0.618 bits per heavy atom. The molecule has 8 aromatic carbocycles. The predicted molar refractivity (Wildman–Crippen MR) is 226 cm³/mol. The molecule has 0 fully saturated rings. The van der Waals surface area contributed by atoms with Crippen molar-refractivity contribution in [3.05, 3.63) is 209 Å². The molecule has 3 heteroatoms. The molecule has 9 aromatic rings. The van der Waals surface area contributed by atoms with Crippen molar-refractivity contribution in [1.82, 2.24) is 4.98 Å². The molecule has 0 bridgehead atoms. The highest BCUT2D eigenvalue weighted by Crippen LogP contribution is 2.44. The van der Waals surface area contributed by atoms with Gasteiger partial charge >= 0.3 is 0 Å². The van der Waals surface area contributed by atoms with Crippen LogP contribution in [0.3, 0.4) is 0 Å². The first-order valence-electron chi connectivity index (χ1n) is 18.6. The van der Waals surface area contributed by atoms with E-state index in [1.54, 1.807) is 6.07 Å².